The van der Waals surface area contributed by atoms with Crippen LogP contribution in [0.1, 0.15) is 34.6 Å². The van der Waals surface area contributed by atoms with Crippen LogP contribution in [0.15, 0.2) is 48.5 Å². The van der Waals surface area contributed by atoms with E-state index in [1.165, 1.54) is 4.70 Å². The molecule has 2 aromatic carbocycles. The highest BCUT2D eigenvalue weighted by Gasteiger charge is 2.10. The summed E-state index contributed by atoms with van der Waals surface area (Å²) in [4.78, 5) is 28.0. The molecule has 5 nitrogen and oxygen atoms in total. The number of nitrogens with zero attached hydrogens (tertiary/aromatic N) is 1. The number of rotatable bonds is 7. The molecule has 0 aliphatic heterocycles. The zero-order chi connectivity index (χ0) is 17.6. The van der Waals surface area contributed by atoms with Crippen LogP contribution >= 0.6 is 11.3 Å². The lowest BCUT2D eigenvalue weighted by Gasteiger charge is -2.08. The van der Waals surface area contributed by atoms with Crippen molar-refractivity contribution in [3.05, 3.63) is 59.1 Å². The van der Waals surface area contributed by atoms with Gasteiger partial charge in [0.05, 0.1) is 26.5 Å². The second-order valence-corrected chi connectivity index (χ2v) is 6.86. The molecule has 25 heavy (non-hydrogen) atoms. The number of hydrogen-bond donors (Lipinski definition) is 2. The SMILES string of the molecule is NC(=O)c1ccccc1NC(=O)CCCCc1nc2ccccc2s1. The summed E-state index contributed by atoms with van der Waals surface area (Å²) in [5, 5.41) is 3.86. The molecular formula is C19H19N3O2S. The largest absolute Gasteiger partial charge is 0.366 e. The van der Waals surface area contributed by atoms with E-state index >= 15 is 0 Å². The summed E-state index contributed by atoms with van der Waals surface area (Å²) in [6.07, 6.45) is 2.92. The molecule has 0 atom stereocenters. The minimum absolute atomic E-state index is 0.113. The van der Waals surface area contributed by atoms with Gasteiger partial charge >= 0.3 is 0 Å². The van der Waals surface area contributed by atoms with Crippen LogP contribution in [0.5, 0.6) is 0 Å². The molecule has 0 spiro atoms. The fourth-order valence-corrected chi connectivity index (χ4v) is 3.62. The summed E-state index contributed by atoms with van der Waals surface area (Å²) in [6, 6.07) is 14.8. The number of carbonyl (C=O) groups is 2. The topological polar surface area (TPSA) is 85.1 Å². The van der Waals surface area contributed by atoms with E-state index in [2.05, 4.69) is 16.4 Å². The molecule has 0 saturated heterocycles. The molecule has 0 unspecified atom stereocenters. The van der Waals surface area contributed by atoms with Crippen molar-refractivity contribution in [2.45, 2.75) is 25.7 Å². The molecule has 1 aromatic heterocycles. The quantitative estimate of drug-likeness (QED) is 0.634. The number of carbonyl (C=O) groups excluding carboxylic acids is 2. The van der Waals surface area contributed by atoms with Gasteiger partial charge in [-0.25, -0.2) is 4.98 Å². The van der Waals surface area contributed by atoms with Crippen molar-refractivity contribution < 1.29 is 9.59 Å². The number of anilines is 1. The van der Waals surface area contributed by atoms with Crippen LogP contribution in [-0.2, 0) is 11.2 Å². The number of thiazole rings is 1. The number of primary amides is 1. The Morgan fingerprint density at radius 3 is 2.60 bits per heavy atom. The average molecular weight is 353 g/mol. The molecule has 6 heteroatoms. The lowest BCUT2D eigenvalue weighted by Crippen LogP contribution is -2.17. The Balaban J connectivity index is 1.47. The third kappa shape index (κ3) is 4.42. The van der Waals surface area contributed by atoms with Gasteiger partial charge in [0.2, 0.25) is 5.91 Å². The number of aryl methyl sites for hydroxylation is 1. The van der Waals surface area contributed by atoms with Crippen molar-refractivity contribution in [1.82, 2.24) is 4.98 Å². The molecule has 0 aliphatic rings. The molecule has 3 N–H and O–H groups in total. The first-order chi connectivity index (χ1) is 12.1. The second kappa shape index (κ2) is 7.90. The minimum atomic E-state index is -0.549. The monoisotopic (exact) mass is 353 g/mol. The van der Waals surface area contributed by atoms with Gasteiger partial charge in [0.25, 0.3) is 5.91 Å². The fraction of sp³-hybridized carbons (Fsp3) is 0.211. The highest BCUT2D eigenvalue weighted by Crippen LogP contribution is 2.23. The number of unbranched alkanes of at least 4 members (excludes halogenated alkanes) is 1. The molecule has 3 rings (SSSR count). The Kier molecular flexibility index (Phi) is 5.40. The summed E-state index contributed by atoms with van der Waals surface area (Å²) in [6.45, 7) is 0. The van der Waals surface area contributed by atoms with Gasteiger partial charge in [-0.3, -0.25) is 9.59 Å². The molecular weight excluding hydrogens is 334 g/mol. The van der Waals surface area contributed by atoms with Crippen molar-refractivity contribution in [2.24, 2.45) is 5.73 Å². The van der Waals surface area contributed by atoms with Gasteiger partial charge in [-0.2, -0.15) is 0 Å². The molecule has 0 bridgehead atoms. The molecule has 0 aliphatic carbocycles. The first-order valence-electron chi connectivity index (χ1n) is 8.16. The summed E-state index contributed by atoms with van der Waals surface area (Å²) >= 11 is 1.70. The molecule has 0 saturated carbocycles. The zero-order valence-corrected chi connectivity index (χ0v) is 14.5. The molecule has 1 heterocycles. The number of amides is 2. The van der Waals surface area contributed by atoms with Crippen LogP contribution in [0.4, 0.5) is 5.69 Å². The molecule has 0 fully saturated rings. The summed E-state index contributed by atoms with van der Waals surface area (Å²) in [5.74, 6) is -0.662. The molecule has 3 aromatic rings. The third-order valence-electron chi connectivity index (χ3n) is 3.85. The van der Waals surface area contributed by atoms with Crippen molar-refractivity contribution >= 4 is 39.1 Å². The van der Waals surface area contributed by atoms with Crippen molar-refractivity contribution in [2.75, 3.05) is 5.32 Å². The van der Waals surface area contributed by atoms with E-state index in [0.717, 1.165) is 29.8 Å². The summed E-state index contributed by atoms with van der Waals surface area (Å²) < 4.78 is 1.19. The van der Waals surface area contributed by atoms with Gasteiger partial charge in [0.15, 0.2) is 0 Å². The van der Waals surface area contributed by atoms with E-state index < -0.39 is 5.91 Å². The maximum atomic E-state index is 12.1. The lowest BCUT2D eigenvalue weighted by atomic mass is 10.1. The normalized spacial score (nSPS) is 10.7. The Hall–Kier alpha value is -2.73. The van der Waals surface area contributed by atoms with Gasteiger partial charge in [0.1, 0.15) is 0 Å². The Morgan fingerprint density at radius 1 is 1.04 bits per heavy atom. The maximum absolute atomic E-state index is 12.1. The zero-order valence-electron chi connectivity index (χ0n) is 13.7. The van der Waals surface area contributed by atoms with E-state index in [-0.39, 0.29) is 5.91 Å². The van der Waals surface area contributed by atoms with Crippen molar-refractivity contribution in [3.63, 3.8) is 0 Å². The number of nitrogens with two attached hydrogens (primary N) is 1. The van der Waals surface area contributed by atoms with Crippen LogP contribution in [0.2, 0.25) is 0 Å². The second-order valence-electron chi connectivity index (χ2n) is 5.74. The van der Waals surface area contributed by atoms with Gasteiger partial charge in [-0.1, -0.05) is 24.3 Å². The van der Waals surface area contributed by atoms with Crippen molar-refractivity contribution in [3.8, 4) is 0 Å². The van der Waals surface area contributed by atoms with Crippen LogP contribution in [0.3, 0.4) is 0 Å². The summed E-state index contributed by atoms with van der Waals surface area (Å²) in [5.41, 5.74) is 7.13. The van der Waals surface area contributed by atoms with E-state index in [1.54, 1.807) is 35.6 Å². The molecule has 128 valence electrons. The van der Waals surface area contributed by atoms with Gasteiger partial charge in [-0.05, 0) is 43.5 Å². The molecule has 2 amide bonds. The van der Waals surface area contributed by atoms with Crippen LogP contribution < -0.4 is 11.1 Å². The predicted molar refractivity (Wildman–Crippen MR) is 101 cm³/mol. The van der Waals surface area contributed by atoms with Gasteiger partial charge in [-0.15, -0.1) is 11.3 Å². The van der Waals surface area contributed by atoms with E-state index in [0.29, 0.717) is 17.7 Å². The third-order valence-corrected chi connectivity index (χ3v) is 4.95. The molecule has 0 radical (unpaired) electrons. The number of nitrogens with one attached hydrogen (secondary N) is 1. The fourth-order valence-electron chi connectivity index (χ4n) is 2.61. The number of fused-ring (bicyclic) bond motifs is 1. The average Bonchev–Trinajstić information content (AvgIpc) is 3.02. The Morgan fingerprint density at radius 2 is 1.80 bits per heavy atom. The predicted octanol–water partition coefficient (Wildman–Crippen LogP) is 3.75. The maximum Gasteiger partial charge on any atom is 0.250 e. The van der Waals surface area contributed by atoms with Crippen LogP contribution in [0.25, 0.3) is 10.2 Å². The number of aromatic nitrogens is 1. The minimum Gasteiger partial charge on any atom is -0.366 e. The highest BCUT2D eigenvalue weighted by molar-refractivity contribution is 7.18. The Labute approximate surface area is 149 Å². The van der Waals surface area contributed by atoms with Gasteiger partial charge in [0, 0.05) is 6.42 Å². The first kappa shape index (κ1) is 17.1. The first-order valence-corrected chi connectivity index (χ1v) is 8.98. The standard InChI is InChI=1S/C19H19N3O2S/c20-19(24)13-7-1-2-8-14(13)21-17(23)11-5-6-12-18-22-15-9-3-4-10-16(15)25-18/h1-4,7-10H,5-6,11-12H2,(H2,20,24)(H,21,23). The van der Waals surface area contributed by atoms with Crippen molar-refractivity contribution in [1.29, 1.82) is 0 Å². The number of benzene rings is 2. The Bertz CT molecular complexity index is 871. The van der Waals surface area contributed by atoms with E-state index in [9.17, 15) is 9.59 Å². The number of hydrogen-bond acceptors (Lipinski definition) is 4. The number of para-hydroxylation sites is 2. The smallest absolute Gasteiger partial charge is 0.250 e. The van der Waals surface area contributed by atoms with E-state index in [4.69, 9.17) is 5.73 Å². The van der Waals surface area contributed by atoms with Gasteiger partial charge < -0.3 is 11.1 Å². The van der Waals surface area contributed by atoms with E-state index in [1.807, 2.05) is 18.2 Å². The highest BCUT2D eigenvalue weighted by atomic mass is 32.1. The van der Waals surface area contributed by atoms with Crippen LogP contribution in [-0.4, -0.2) is 16.8 Å². The van der Waals surface area contributed by atoms with Crippen LogP contribution in [0, 0.1) is 0 Å². The lowest BCUT2D eigenvalue weighted by molar-refractivity contribution is -0.116. The summed E-state index contributed by atoms with van der Waals surface area (Å²) in [7, 11) is 0.